The molecule has 0 amide bonds. The van der Waals surface area contributed by atoms with E-state index in [1.807, 2.05) is 17.5 Å². The van der Waals surface area contributed by atoms with E-state index in [-0.39, 0.29) is 11.8 Å². The van der Waals surface area contributed by atoms with Gasteiger partial charge in [0.15, 0.2) is 5.65 Å². The molecular weight excluding hydrogens is 332 g/mol. The van der Waals surface area contributed by atoms with E-state index in [1.54, 1.807) is 12.4 Å². The van der Waals surface area contributed by atoms with Crippen LogP contribution in [0.5, 0.6) is 0 Å². The third-order valence-corrected chi connectivity index (χ3v) is 4.14. The smallest absolute Gasteiger partial charge is 0.155 e. The molecule has 2 aromatic rings. The van der Waals surface area contributed by atoms with Gasteiger partial charge < -0.3 is 5.32 Å². The molecule has 104 valence electrons. The lowest BCUT2D eigenvalue weighted by atomic mass is 10.3. The van der Waals surface area contributed by atoms with Crippen molar-refractivity contribution in [1.82, 2.24) is 19.7 Å². The Morgan fingerprint density at radius 2 is 2.16 bits per heavy atom. The Morgan fingerprint density at radius 1 is 1.42 bits per heavy atom. The topological polar surface area (TPSA) is 76.4 Å². The summed E-state index contributed by atoms with van der Waals surface area (Å²) in [6.07, 6.45) is 6.50. The number of hydrogen-bond acceptors (Lipinski definition) is 5. The number of halogens is 1. The van der Waals surface area contributed by atoms with Gasteiger partial charge in [-0.1, -0.05) is 0 Å². The first-order valence-electron chi connectivity index (χ1n) is 5.74. The molecule has 1 atom stereocenters. The highest BCUT2D eigenvalue weighted by Gasteiger charge is 2.11. The van der Waals surface area contributed by atoms with Crippen LogP contribution in [0.25, 0.3) is 5.65 Å². The number of sulfone groups is 1. The van der Waals surface area contributed by atoms with E-state index in [2.05, 4.69) is 31.2 Å². The Kier molecular flexibility index (Phi) is 4.22. The van der Waals surface area contributed by atoms with Crippen molar-refractivity contribution < 1.29 is 8.42 Å². The molecule has 0 radical (unpaired) electrons. The van der Waals surface area contributed by atoms with Crippen molar-refractivity contribution >= 4 is 31.4 Å². The van der Waals surface area contributed by atoms with Gasteiger partial charge in [-0.15, -0.1) is 0 Å². The summed E-state index contributed by atoms with van der Waals surface area (Å²) in [7, 11) is -2.97. The highest BCUT2D eigenvalue weighted by atomic mass is 79.9. The number of fused-ring (bicyclic) bond motifs is 1. The molecule has 0 aromatic carbocycles. The van der Waals surface area contributed by atoms with Gasteiger partial charge in [-0.3, -0.25) is 4.40 Å². The summed E-state index contributed by atoms with van der Waals surface area (Å²) in [4.78, 5) is 8.33. The first kappa shape index (κ1) is 14.4. The van der Waals surface area contributed by atoms with Gasteiger partial charge in [-0.25, -0.2) is 18.4 Å². The molecule has 2 rings (SSSR count). The van der Waals surface area contributed by atoms with E-state index in [9.17, 15) is 8.42 Å². The zero-order valence-corrected chi connectivity index (χ0v) is 13.1. The molecule has 0 saturated heterocycles. The van der Waals surface area contributed by atoms with E-state index in [0.717, 1.165) is 15.9 Å². The lowest BCUT2D eigenvalue weighted by Crippen LogP contribution is -2.32. The van der Waals surface area contributed by atoms with Crippen LogP contribution < -0.4 is 5.32 Å². The second-order valence-corrected chi connectivity index (χ2v) is 7.56. The van der Waals surface area contributed by atoms with Crippen LogP contribution in [0.2, 0.25) is 0 Å². The van der Waals surface area contributed by atoms with E-state index in [4.69, 9.17) is 0 Å². The Bertz CT molecular complexity index is 683. The van der Waals surface area contributed by atoms with E-state index < -0.39 is 9.84 Å². The van der Waals surface area contributed by atoms with Crippen molar-refractivity contribution in [3.05, 3.63) is 28.9 Å². The number of rotatable bonds is 5. The lowest BCUT2D eigenvalue weighted by molar-refractivity contribution is 0.555. The van der Waals surface area contributed by atoms with Crippen LogP contribution >= 0.6 is 15.9 Å². The molecular formula is C11H15BrN4O2S. The molecule has 0 bridgehead atoms. The molecule has 2 heterocycles. The second-order valence-electron chi connectivity index (χ2n) is 4.56. The minimum Gasteiger partial charge on any atom is -0.308 e. The van der Waals surface area contributed by atoms with Gasteiger partial charge in [-0.2, -0.15) is 0 Å². The van der Waals surface area contributed by atoms with Crippen LogP contribution in [0, 0.1) is 0 Å². The van der Waals surface area contributed by atoms with Crippen molar-refractivity contribution in [3.8, 4) is 0 Å². The summed E-state index contributed by atoms with van der Waals surface area (Å²) in [5.41, 5.74) is 1.72. The largest absolute Gasteiger partial charge is 0.308 e. The first-order valence-corrected chi connectivity index (χ1v) is 8.59. The minimum atomic E-state index is -2.97. The minimum absolute atomic E-state index is 0.106. The number of nitrogens with zero attached hydrogens (tertiary/aromatic N) is 3. The molecule has 1 unspecified atom stereocenters. The van der Waals surface area contributed by atoms with Gasteiger partial charge in [0.25, 0.3) is 0 Å². The zero-order valence-electron chi connectivity index (χ0n) is 10.7. The van der Waals surface area contributed by atoms with Crippen LogP contribution in [0.15, 0.2) is 23.2 Å². The predicted octanol–water partition coefficient (Wildman–Crippen LogP) is 1.01. The number of aromatic nitrogens is 3. The fraction of sp³-hybridized carbons (Fsp3) is 0.455. The number of hydrogen-bond donors (Lipinski definition) is 1. The van der Waals surface area contributed by atoms with Crippen molar-refractivity contribution in [2.24, 2.45) is 0 Å². The maximum absolute atomic E-state index is 11.2. The maximum Gasteiger partial charge on any atom is 0.155 e. The van der Waals surface area contributed by atoms with Crippen molar-refractivity contribution in [3.63, 3.8) is 0 Å². The Morgan fingerprint density at radius 3 is 2.84 bits per heavy atom. The molecule has 0 aliphatic heterocycles. The summed E-state index contributed by atoms with van der Waals surface area (Å²) >= 11 is 3.31. The second kappa shape index (κ2) is 5.56. The summed E-state index contributed by atoms with van der Waals surface area (Å²) in [6.45, 7) is 2.40. The molecule has 0 fully saturated rings. The number of nitrogens with one attached hydrogen (secondary N) is 1. The zero-order chi connectivity index (χ0) is 14.0. The van der Waals surface area contributed by atoms with Crippen molar-refractivity contribution in [1.29, 1.82) is 0 Å². The molecule has 6 nitrogen and oxygen atoms in total. The Hall–Kier alpha value is -0.990. The summed E-state index contributed by atoms with van der Waals surface area (Å²) in [6, 6.07) is -0.106. The lowest BCUT2D eigenvalue weighted by Gasteiger charge is -2.12. The van der Waals surface area contributed by atoms with E-state index in [1.165, 1.54) is 6.26 Å². The van der Waals surface area contributed by atoms with E-state index >= 15 is 0 Å². The molecule has 0 aliphatic rings. The van der Waals surface area contributed by atoms with E-state index in [0.29, 0.717) is 6.54 Å². The van der Waals surface area contributed by atoms with Crippen LogP contribution in [0.3, 0.4) is 0 Å². The molecule has 0 spiro atoms. The molecule has 0 aliphatic carbocycles. The molecule has 0 saturated carbocycles. The standard InChI is InChI=1S/C11H15BrN4O2S/c1-8(7-19(2,17)18)13-3-9-4-15-11-5-14-10(12)6-16(9)11/h4-6,8,13H,3,7H2,1-2H3. The monoisotopic (exact) mass is 346 g/mol. The molecule has 8 heteroatoms. The maximum atomic E-state index is 11.2. The van der Waals surface area contributed by atoms with Gasteiger partial charge in [0.05, 0.1) is 23.8 Å². The molecule has 19 heavy (non-hydrogen) atoms. The summed E-state index contributed by atoms with van der Waals surface area (Å²) in [5.74, 6) is 0.120. The van der Waals surface area contributed by atoms with Crippen LogP contribution in [-0.4, -0.2) is 40.8 Å². The van der Waals surface area contributed by atoms with Crippen molar-refractivity contribution in [2.75, 3.05) is 12.0 Å². The molecule has 1 N–H and O–H groups in total. The first-order chi connectivity index (χ1) is 8.85. The number of imidazole rings is 1. The quantitative estimate of drug-likeness (QED) is 0.874. The van der Waals surface area contributed by atoms with Gasteiger partial charge >= 0.3 is 0 Å². The van der Waals surface area contributed by atoms with Crippen LogP contribution in [-0.2, 0) is 16.4 Å². The van der Waals surface area contributed by atoms with Crippen LogP contribution in [0.4, 0.5) is 0 Å². The Balaban J connectivity index is 2.08. The van der Waals surface area contributed by atoms with Gasteiger partial charge in [-0.05, 0) is 22.9 Å². The summed E-state index contributed by atoms with van der Waals surface area (Å²) in [5, 5.41) is 3.18. The average molecular weight is 347 g/mol. The molecule has 2 aromatic heterocycles. The highest BCUT2D eigenvalue weighted by molar-refractivity contribution is 9.10. The van der Waals surface area contributed by atoms with Gasteiger partial charge in [0, 0.05) is 25.0 Å². The third-order valence-electron chi connectivity index (χ3n) is 2.63. The van der Waals surface area contributed by atoms with Gasteiger partial charge in [0.1, 0.15) is 14.4 Å². The predicted molar refractivity (Wildman–Crippen MR) is 76.7 cm³/mol. The van der Waals surface area contributed by atoms with Crippen LogP contribution in [0.1, 0.15) is 12.6 Å². The third kappa shape index (κ3) is 3.99. The SMILES string of the molecule is CC(CS(C)(=O)=O)NCc1cnc2cnc(Br)cn12. The fourth-order valence-electron chi connectivity index (χ4n) is 1.84. The average Bonchev–Trinajstić information content (AvgIpc) is 2.66. The normalized spacial score (nSPS) is 13.8. The Labute approximate surface area is 120 Å². The summed E-state index contributed by atoms with van der Waals surface area (Å²) < 4.78 is 25.0. The fourth-order valence-corrected chi connectivity index (χ4v) is 3.17. The highest BCUT2D eigenvalue weighted by Crippen LogP contribution is 2.10. The van der Waals surface area contributed by atoms with Crippen molar-refractivity contribution in [2.45, 2.75) is 19.5 Å². The van der Waals surface area contributed by atoms with Gasteiger partial charge in [0.2, 0.25) is 0 Å².